The predicted octanol–water partition coefficient (Wildman–Crippen LogP) is 4.51. The number of carbonyl (C=O) groups is 1. The van der Waals surface area contributed by atoms with E-state index < -0.39 is 0 Å². The van der Waals surface area contributed by atoms with Gasteiger partial charge in [-0.15, -0.1) is 0 Å². The highest BCUT2D eigenvalue weighted by Crippen LogP contribution is 2.30. The largest absolute Gasteiger partial charge is 0.497 e. The van der Waals surface area contributed by atoms with Crippen LogP contribution in [0.4, 0.5) is 0 Å². The summed E-state index contributed by atoms with van der Waals surface area (Å²) < 4.78 is 17.6. The third kappa shape index (κ3) is 5.96. The Kier molecular flexibility index (Phi) is 8.31. The molecular formula is C26H40N2O4. The molecule has 1 amide bonds. The molecule has 3 aliphatic rings. The van der Waals surface area contributed by atoms with E-state index in [1.807, 2.05) is 25.2 Å². The number of ether oxygens (including phenoxy) is 3. The molecule has 1 atom stereocenters. The van der Waals surface area contributed by atoms with Gasteiger partial charge in [0, 0.05) is 39.3 Å². The Morgan fingerprint density at radius 1 is 1.09 bits per heavy atom. The first kappa shape index (κ1) is 23.4. The van der Waals surface area contributed by atoms with Crippen LogP contribution in [0.5, 0.6) is 11.5 Å². The molecule has 1 saturated carbocycles. The molecule has 2 aliphatic heterocycles. The van der Waals surface area contributed by atoms with Crippen LogP contribution in [0.2, 0.25) is 0 Å². The molecule has 178 valence electrons. The molecule has 1 aromatic carbocycles. The normalized spacial score (nSPS) is 23.2. The highest BCUT2D eigenvalue weighted by Gasteiger charge is 2.29. The maximum atomic E-state index is 13.3. The molecule has 6 nitrogen and oxygen atoms in total. The minimum absolute atomic E-state index is 0.0156. The second kappa shape index (κ2) is 11.4. The molecule has 3 fully saturated rings. The van der Waals surface area contributed by atoms with E-state index in [0.717, 1.165) is 57.8 Å². The predicted molar refractivity (Wildman–Crippen MR) is 126 cm³/mol. The molecule has 32 heavy (non-hydrogen) atoms. The molecule has 4 rings (SSSR count). The zero-order valence-corrected chi connectivity index (χ0v) is 19.9. The minimum Gasteiger partial charge on any atom is -0.497 e. The smallest absolute Gasteiger partial charge is 0.257 e. The summed E-state index contributed by atoms with van der Waals surface area (Å²) in [6.07, 6.45) is 12.2. The van der Waals surface area contributed by atoms with E-state index in [-0.39, 0.29) is 18.1 Å². The molecule has 1 aliphatic carbocycles. The molecule has 2 saturated heterocycles. The number of likely N-dealkylation sites (tertiary alicyclic amines) is 1. The van der Waals surface area contributed by atoms with Gasteiger partial charge < -0.3 is 24.0 Å². The highest BCUT2D eigenvalue weighted by molar-refractivity contribution is 5.97. The van der Waals surface area contributed by atoms with Gasteiger partial charge in [0.25, 0.3) is 5.91 Å². The summed E-state index contributed by atoms with van der Waals surface area (Å²) in [6.45, 7) is 3.71. The number of hydrogen-bond donors (Lipinski definition) is 0. The number of amides is 1. The Morgan fingerprint density at radius 3 is 2.53 bits per heavy atom. The molecule has 0 aromatic heterocycles. The van der Waals surface area contributed by atoms with Crippen molar-refractivity contribution in [1.29, 1.82) is 0 Å². The van der Waals surface area contributed by atoms with Gasteiger partial charge in [-0.05, 0) is 69.6 Å². The lowest BCUT2D eigenvalue weighted by Gasteiger charge is -2.36. The van der Waals surface area contributed by atoms with Crippen molar-refractivity contribution in [1.82, 2.24) is 9.80 Å². The monoisotopic (exact) mass is 444 g/mol. The number of hydrogen-bond acceptors (Lipinski definition) is 5. The Labute approximate surface area is 193 Å². The standard InChI is InChI=1S/C26H40N2O4/c1-27(15-12-21-9-5-6-18-31-21)26(29)24-19-23(30-2)10-11-25(24)32-22-13-16-28(17-14-22)20-7-3-4-8-20/h10-11,19-22H,3-9,12-18H2,1-2H3/t21-/m0/s1. The second-order valence-corrected chi connectivity index (χ2v) is 9.66. The summed E-state index contributed by atoms with van der Waals surface area (Å²) in [6, 6.07) is 6.37. The first-order valence-corrected chi connectivity index (χ1v) is 12.6. The lowest BCUT2D eigenvalue weighted by Crippen LogP contribution is -2.43. The molecule has 0 bridgehead atoms. The van der Waals surface area contributed by atoms with Crippen LogP contribution in [0.3, 0.4) is 0 Å². The molecule has 0 N–H and O–H groups in total. The third-order valence-corrected chi connectivity index (χ3v) is 7.44. The van der Waals surface area contributed by atoms with E-state index >= 15 is 0 Å². The van der Waals surface area contributed by atoms with Crippen molar-refractivity contribution < 1.29 is 19.0 Å². The van der Waals surface area contributed by atoms with Crippen molar-refractivity contribution in [3.8, 4) is 11.5 Å². The van der Waals surface area contributed by atoms with Crippen LogP contribution in [0.15, 0.2) is 18.2 Å². The van der Waals surface area contributed by atoms with Crippen molar-refractivity contribution in [2.75, 3.05) is 40.4 Å². The van der Waals surface area contributed by atoms with Gasteiger partial charge in [-0.3, -0.25) is 4.79 Å². The van der Waals surface area contributed by atoms with Gasteiger partial charge in [0.1, 0.15) is 17.6 Å². The summed E-state index contributed by atoms with van der Waals surface area (Å²) in [5.74, 6) is 1.34. The van der Waals surface area contributed by atoms with E-state index in [2.05, 4.69) is 4.90 Å². The van der Waals surface area contributed by atoms with Gasteiger partial charge in [-0.1, -0.05) is 12.8 Å². The SMILES string of the molecule is COc1ccc(OC2CCN(C3CCCC3)CC2)c(C(=O)N(C)CC[C@@H]2CCCCO2)c1. The van der Waals surface area contributed by atoms with Gasteiger partial charge >= 0.3 is 0 Å². The van der Waals surface area contributed by atoms with Crippen LogP contribution in [0.1, 0.15) is 74.6 Å². The fourth-order valence-electron chi connectivity index (χ4n) is 5.39. The molecule has 1 aromatic rings. The molecule has 0 spiro atoms. The van der Waals surface area contributed by atoms with Crippen LogP contribution in [0, 0.1) is 0 Å². The Bertz CT molecular complexity index is 735. The van der Waals surface area contributed by atoms with E-state index in [1.165, 1.54) is 32.1 Å². The van der Waals surface area contributed by atoms with Gasteiger partial charge in [0.15, 0.2) is 0 Å². The summed E-state index contributed by atoms with van der Waals surface area (Å²) >= 11 is 0. The number of carbonyl (C=O) groups excluding carboxylic acids is 1. The number of methoxy groups -OCH3 is 1. The zero-order chi connectivity index (χ0) is 22.3. The van der Waals surface area contributed by atoms with Crippen LogP contribution >= 0.6 is 0 Å². The quantitative estimate of drug-likeness (QED) is 0.590. The minimum atomic E-state index is -0.0156. The van der Waals surface area contributed by atoms with Gasteiger partial charge in [0.05, 0.1) is 18.8 Å². The third-order valence-electron chi connectivity index (χ3n) is 7.44. The topological polar surface area (TPSA) is 51.2 Å². The first-order chi connectivity index (χ1) is 15.6. The second-order valence-electron chi connectivity index (χ2n) is 9.66. The van der Waals surface area contributed by atoms with Crippen molar-refractivity contribution in [3.05, 3.63) is 23.8 Å². The first-order valence-electron chi connectivity index (χ1n) is 12.6. The zero-order valence-electron chi connectivity index (χ0n) is 19.9. The highest BCUT2D eigenvalue weighted by atomic mass is 16.5. The number of benzene rings is 1. The lowest BCUT2D eigenvalue weighted by molar-refractivity contribution is 0.00705. The molecule has 0 unspecified atom stereocenters. The van der Waals surface area contributed by atoms with Crippen molar-refractivity contribution in [2.24, 2.45) is 0 Å². The lowest BCUT2D eigenvalue weighted by atomic mass is 10.0. The van der Waals surface area contributed by atoms with E-state index in [9.17, 15) is 4.79 Å². The van der Waals surface area contributed by atoms with E-state index in [0.29, 0.717) is 23.6 Å². The maximum absolute atomic E-state index is 13.3. The summed E-state index contributed by atoms with van der Waals surface area (Å²) in [4.78, 5) is 17.8. The molecule has 6 heteroatoms. The average Bonchev–Trinajstić information content (AvgIpc) is 3.38. The fourth-order valence-corrected chi connectivity index (χ4v) is 5.39. The van der Waals surface area contributed by atoms with Crippen LogP contribution in [-0.2, 0) is 4.74 Å². The van der Waals surface area contributed by atoms with Crippen LogP contribution in [-0.4, -0.2) is 74.4 Å². The molecular weight excluding hydrogens is 404 g/mol. The van der Waals surface area contributed by atoms with Crippen LogP contribution in [0.25, 0.3) is 0 Å². The number of piperidine rings is 1. The fraction of sp³-hybridized carbons (Fsp3) is 0.731. The van der Waals surface area contributed by atoms with Gasteiger partial charge in [0.2, 0.25) is 0 Å². The van der Waals surface area contributed by atoms with Crippen molar-refractivity contribution in [3.63, 3.8) is 0 Å². The van der Waals surface area contributed by atoms with Crippen molar-refractivity contribution >= 4 is 5.91 Å². The summed E-state index contributed by atoms with van der Waals surface area (Å²) in [5.41, 5.74) is 0.592. The molecule has 0 radical (unpaired) electrons. The Balaban J connectivity index is 1.36. The Hall–Kier alpha value is -1.79. The summed E-state index contributed by atoms with van der Waals surface area (Å²) in [5, 5.41) is 0. The summed E-state index contributed by atoms with van der Waals surface area (Å²) in [7, 11) is 3.50. The number of nitrogens with zero attached hydrogens (tertiary/aromatic N) is 2. The van der Waals surface area contributed by atoms with E-state index in [1.54, 1.807) is 12.0 Å². The van der Waals surface area contributed by atoms with Crippen LogP contribution < -0.4 is 9.47 Å². The average molecular weight is 445 g/mol. The van der Waals surface area contributed by atoms with Gasteiger partial charge in [-0.2, -0.15) is 0 Å². The number of rotatable bonds is 8. The van der Waals surface area contributed by atoms with E-state index in [4.69, 9.17) is 14.2 Å². The Morgan fingerprint density at radius 2 is 1.84 bits per heavy atom. The maximum Gasteiger partial charge on any atom is 0.257 e. The van der Waals surface area contributed by atoms with Crippen molar-refractivity contribution in [2.45, 2.75) is 82.5 Å². The molecule has 2 heterocycles. The van der Waals surface area contributed by atoms with Gasteiger partial charge in [-0.25, -0.2) is 0 Å².